The largest absolute Gasteiger partial charge is 0.354 e. The monoisotopic (exact) mass is 333 g/mol. The van der Waals surface area contributed by atoms with Crippen LogP contribution in [0.4, 0.5) is 5.69 Å². The molecule has 1 aliphatic rings. The molecule has 1 aliphatic carbocycles. The summed E-state index contributed by atoms with van der Waals surface area (Å²) in [7, 11) is -0.581. The first-order valence-electron chi connectivity index (χ1n) is 7.44. The Morgan fingerprint density at radius 3 is 2.65 bits per heavy atom. The van der Waals surface area contributed by atoms with Gasteiger partial charge < -0.3 is 9.88 Å². The van der Waals surface area contributed by atoms with Crippen LogP contribution in [0.1, 0.15) is 28.0 Å². The van der Waals surface area contributed by atoms with Gasteiger partial charge in [0, 0.05) is 26.0 Å². The number of carbonyl (C=O) groups is 1. The molecule has 1 aromatic carbocycles. The van der Waals surface area contributed by atoms with Gasteiger partial charge in [0.2, 0.25) is 0 Å². The van der Waals surface area contributed by atoms with Crippen molar-refractivity contribution in [1.82, 2.24) is 9.88 Å². The second-order valence-corrected chi connectivity index (χ2v) is 7.38. The van der Waals surface area contributed by atoms with Crippen LogP contribution in [-0.4, -0.2) is 25.9 Å². The molecule has 1 aromatic heterocycles. The Kier molecular flexibility index (Phi) is 3.89. The highest BCUT2D eigenvalue weighted by molar-refractivity contribution is 7.92. The summed E-state index contributed by atoms with van der Waals surface area (Å²) in [6.07, 6.45) is 4.58. The third-order valence-corrected chi connectivity index (χ3v) is 5.45. The summed E-state index contributed by atoms with van der Waals surface area (Å²) >= 11 is 0. The van der Waals surface area contributed by atoms with Crippen molar-refractivity contribution in [3.63, 3.8) is 0 Å². The van der Waals surface area contributed by atoms with Gasteiger partial charge in [-0.05, 0) is 48.6 Å². The molecule has 2 N–H and O–H groups in total. The lowest BCUT2D eigenvalue weighted by atomic mass is 10.1. The number of amides is 1. The van der Waals surface area contributed by atoms with E-state index >= 15 is 0 Å². The van der Waals surface area contributed by atoms with Gasteiger partial charge in [-0.25, -0.2) is 8.42 Å². The first kappa shape index (κ1) is 15.6. The van der Waals surface area contributed by atoms with Crippen LogP contribution in [0.5, 0.6) is 0 Å². The number of rotatable bonds is 4. The molecule has 6 nitrogen and oxygen atoms in total. The molecule has 7 heteroatoms. The Hall–Kier alpha value is -2.28. The molecule has 0 saturated carbocycles. The Balaban J connectivity index is 1.89. The lowest BCUT2D eigenvalue weighted by Crippen LogP contribution is -2.20. The second-order valence-electron chi connectivity index (χ2n) is 5.69. The average molecular weight is 333 g/mol. The highest BCUT2D eigenvalue weighted by Gasteiger charge is 2.21. The molecular weight excluding hydrogens is 314 g/mol. The normalized spacial score (nSPS) is 13.7. The van der Waals surface area contributed by atoms with E-state index in [4.69, 9.17) is 0 Å². The van der Waals surface area contributed by atoms with Gasteiger partial charge in [-0.15, -0.1) is 0 Å². The summed E-state index contributed by atoms with van der Waals surface area (Å²) in [6, 6.07) is 7.02. The maximum Gasteiger partial charge on any atom is 0.267 e. The van der Waals surface area contributed by atoms with Crippen LogP contribution in [0.15, 0.2) is 35.4 Å². The summed E-state index contributed by atoms with van der Waals surface area (Å²) in [5.41, 5.74) is 3.33. The van der Waals surface area contributed by atoms with E-state index in [2.05, 4.69) is 10.0 Å². The molecule has 0 fully saturated rings. The molecule has 3 rings (SSSR count). The van der Waals surface area contributed by atoms with E-state index in [1.54, 1.807) is 13.1 Å². The molecule has 0 atom stereocenters. The number of hydrogen-bond acceptors (Lipinski definition) is 3. The third-order valence-electron chi connectivity index (χ3n) is 4.10. The predicted molar refractivity (Wildman–Crippen MR) is 88.1 cm³/mol. The van der Waals surface area contributed by atoms with Crippen LogP contribution in [-0.2, 0) is 29.9 Å². The Bertz CT molecular complexity index is 869. The van der Waals surface area contributed by atoms with Crippen molar-refractivity contribution in [2.24, 2.45) is 7.05 Å². The highest BCUT2D eigenvalue weighted by Crippen LogP contribution is 2.26. The fourth-order valence-corrected chi connectivity index (χ4v) is 4.00. The minimum absolute atomic E-state index is 0.0686. The molecule has 122 valence electrons. The number of fused-ring (bicyclic) bond motifs is 1. The highest BCUT2D eigenvalue weighted by atomic mass is 32.2. The first-order valence-corrected chi connectivity index (χ1v) is 8.92. The Morgan fingerprint density at radius 2 is 1.91 bits per heavy atom. The molecule has 0 saturated heterocycles. The number of aryl methyl sites for hydroxylation is 3. The van der Waals surface area contributed by atoms with Crippen LogP contribution in [0, 0.1) is 0 Å². The van der Waals surface area contributed by atoms with Crippen molar-refractivity contribution in [1.29, 1.82) is 0 Å². The summed E-state index contributed by atoms with van der Waals surface area (Å²) in [4.78, 5) is 11.8. The van der Waals surface area contributed by atoms with Crippen molar-refractivity contribution in [2.45, 2.75) is 24.2 Å². The smallest absolute Gasteiger partial charge is 0.267 e. The van der Waals surface area contributed by atoms with Gasteiger partial charge in [-0.3, -0.25) is 9.52 Å². The minimum atomic E-state index is -3.72. The van der Waals surface area contributed by atoms with Gasteiger partial charge in [0.05, 0.1) is 0 Å². The Morgan fingerprint density at radius 1 is 1.17 bits per heavy atom. The molecule has 0 spiro atoms. The summed E-state index contributed by atoms with van der Waals surface area (Å²) in [6.45, 7) is 0. The molecule has 0 radical (unpaired) electrons. The van der Waals surface area contributed by atoms with Crippen molar-refractivity contribution < 1.29 is 13.2 Å². The maximum absolute atomic E-state index is 12.5. The van der Waals surface area contributed by atoms with Crippen molar-refractivity contribution in [2.75, 3.05) is 11.8 Å². The number of aromatic nitrogens is 1. The van der Waals surface area contributed by atoms with Crippen LogP contribution in [0.25, 0.3) is 0 Å². The molecule has 23 heavy (non-hydrogen) atoms. The number of benzene rings is 1. The van der Waals surface area contributed by atoms with Gasteiger partial charge in [-0.1, -0.05) is 6.07 Å². The van der Waals surface area contributed by atoms with Crippen molar-refractivity contribution in [3.8, 4) is 0 Å². The molecule has 1 heterocycles. The maximum atomic E-state index is 12.5. The zero-order chi connectivity index (χ0) is 16.6. The van der Waals surface area contributed by atoms with Crippen LogP contribution in [0.3, 0.4) is 0 Å². The SMILES string of the molecule is CNC(=O)c1cc(S(=O)(=O)Nc2ccc3c(c2)CCC3)cn1C. The molecular formula is C16H19N3O3S. The first-order chi connectivity index (χ1) is 10.9. The van der Waals surface area contributed by atoms with Crippen LogP contribution < -0.4 is 10.0 Å². The van der Waals surface area contributed by atoms with Gasteiger partial charge in [0.1, 0.15) is 10.6 Å². The number of nitrogens with zero attached hydrogens (tertiary/aromatic N) is 1. The molecule has 0 aliphatic heterocycles. The van der Waals surface area contributed by atoms with Crippen molar-refractivity contribution in [3.05, 3.63) is 47.3 Å². The number of anilines is 1. The van der Waals surface area contributed by atoms with Crippen LogP contribution >= 0.6 is 0 Å². The lowest BCUT2D eigenvalue weighted by Gasteiger charge is -2.08. The van der Waals surface area contributed by atoms with E-state index in [1.165, 1.54) is 35.0 Å². The predicted octanol–water partition coefficient (Wildman–Crippen LogP) is 1.67. The quantitative estimate of drug-likeness (QED) is 0.893. The fraction of sp³-hybridized carbons (Fsp3) is 0.312. The molecule has 1 amide bonds. The van der Waals surface area contributed by atoms with E-state index in [1.807, 2.05) is 12.1 Å². The second kappa shape index (κ2) is 5.73. The third kappa shape index (κ3) is 2.96. The fourth-order valence-electron chi connectivity index (χ4n) is 2.88. The van der Waals surface area contributed by atoms with E-state index in [9.17, 15) is 13.2 Å². The number of carbonyl (C=O) groups excluding carboxylic acids is 1. The van der Waals surface area contributed by atoms with Gasteiger partial charge in [-0.2, -0.15) is 0 Å². The van der Waals surface area contributed by atoms with E-state index < -0.39 is 10.0 Å². The summed E-state index contributed by atoms with van der Waals surface area (Å²) in [5, 5.41) is 2.49. The average Bonchev–Trinajstić information content (AvgIpc) is 3.12. The molecule has 2 aromatic rings. The summed E-state index contributed by atoms with van der Waals surface area (Å²) in [5.74, 6) is -0.327. The van der Waals surface area contributed by atoms with E-state index in [-0.39, 0.29) is 10.8 Å². The van der Waals surface area contributed by atoms with Gasteiger partial charge in [0.15, 0.2) is 0 Å². The van der Waals surface area contributed by atoms with E-state index in [0.29, 0.717) is 11.4 Å². The zero-order valence-electron chi connectivity index (χ0n) is 13.1. The van der Waals surface area contributed by atoms with Crippen molar-refractivity contribution >= 4 is 21.6 Å². The number of hydrogen-bond donors (Lipinski definition) is 2. The minimum Gasteiger partial charge on any atom is -0.354 e. The topological polar surface area (TPSA) is 80.2 Å². The Labute approximate surface area is 135 Å². The number of sulfonamides is 1. The molecule has 0 unspecified atom stereocenters. The van der Waals surface area contributed by atoms with Gasteiger partial charge >= 0.3 is 0 Å². The van der Waals surface area contributed by atoms with Gasteiger partial charge in [0.25, 0.3) is 15.9 Å². The van der Waals surface area contributed by atoms with Crippen LogP contribution in [0.2, 0.25) is 0 Å². The zero-order valence-corrected chi connectivity index (χ0v) is 13.9. The number of nitrogens with one attached hydrogen (secondary N) is 2. The standard InChI is InChI=1S/C16H19N3O3S/c1-17-16(20)15-9-14(10-19(15)2)23(21,22)18-13-7-6-11-4-3-5-12(11)8-13/h6-10,18H,3-5H2,1-2H3,(H,17,20). The molecule has 0 bridgehead atoms. The van der Waals surface area contributed by atoms with E-state index in [0.717, 1.165) is 19.3 Å². The lowest BCUT2D eigenvalue weighted by molar-refractivity contribution is 0.0955. The summed E-state index contributed by atoms with van der Waals surface area (Å²) < 4.78 is 29.1.